The molecule has 9 heteroatoms. The van der Waals surface area contributed by atoms with Crippen LogP contribution in [0.2, 0.25) is 0 Å². The van der Waals surface area contributed by atoms with Crippen molar-refractivity contribution < 1.29 is 44.6 Å². The van der Waals surface area contributed by atoms with E-state index in [1.54, 1.807) is 38.1 Å². The number of Topliss-reactive ketones (excluding diaryl/α,β-unsaturated/α-hetero) is 2. The van der Waals surface area contributed by atoms with Crippen LogP contribution in [0, 0.1) is 0 Å². The van der Waals surface area contributed by atoms with Gasteiger partial charge in [0.05, 0.1) is 41.9 Å². The second-order valence-corrected chi connectivity index (χ2v) is 11.7. The zero-order valence-electron chi connectivity index (χ0n) is 23.1. The molecule has 0 saturated carbocycles. The van der Waals surface area contributed by atoms with Gasteiger partial charge in [-0.05, 0) is 60.0 Å². The van der Waals surface area contributed by atoms with E-state index in [9.17, 15) is 35.1 Å². The molecule has 0 fully saturated rings. The van der Waals surface area contributed by atoms with Crippen LogP contribution in [0.4, 0.5) is 0 Å². The SMILES string of the molecule is COc1cc(O)c2cc3c(c(-c4c(OC)cc5cc6c(c(O)c5c4O)C(=O)CC(C)(O)C6)c2c1)CC(C)(O)CC3=O. The lowest BCUT2D eigenvalue weighted by molar-refractivity contribution is 0.0397. The normalized spacial score (nSPS) is 22.1. The van der Waals surface area contributed by atoms with Gasteiger partial charge in [-0.1, -0.05) is 0 Å². The third kappa shape index (κ3) is 4.07. The number of fused-ring (bicyclic) bond motifs is 4. The summed E-state index contributed by atoms with van der Waals surface area (Å²) in [6, 6.07) is 7.89. The highest BCUT2D eigenvalue weighted by atomic mass is 16.5. The second kappa shape index (κ2) is 8.83. The Labute approximate surface area is 235 Å². The number of hydrogen-bond acceptors (Lipinski definition) is 9. The Hall–Kier alpha value is -4.34. The van der Waals surface area contributed by atoms with Crippen molar-refractivity contribution in [1.82, 2.24) is 0 Å². The predicted molar refractivity (Wildman–Crippen MR) is 152 cm³/mol. The molecule has 2 atom stereocenters. The summed E-state index contributed by atoms with van der Waals surface area (Å²) in [5, 5.41) is 57.0. The number of ether oxygens (including phenoxy) is 2. The van der Waals surface area contributed by atoms with Crippen LogP contribution in [-0.2, 0) is 12.8 Å². The van der Waals surface area contributed by atoms with E-state index >= 15 is 0 Å². The van der Waals surface area contributed by atoms with E-state index in [1.807, 2.05) is 0 Å². The van der Waals surface area contributed by atoms with E-state index in [4.69, 9.17) is 9.47 Å². The first-order valence-electron chi connectivity index (χ1n) is 13.2. The van der Waals surface area contributed by atoms with Crippen LogP contribution in [0.5, 0.6) is 28.7 Å². The maximum Gasteiger partial charge on any atom is 0.169 e. The Kier molecular flexibility index (Phi) is 5.78. The number of phenols is 3. The van der Waals surface area contributed by atoms with Crippen molar-refractivity contribution in [3.8, 4) is 39.9 Å². The van der Waals surface area contributed by atoms with E-state index < -0.39 is 28.5 Å². The lowest BCUT2D eigenvalue weighted by Gasteiger charge is -2.32. The molecule has 41 heavy (non-hydrogen) atoms. The number of methoxy groups -OCH3 is 2. The summed E-state index contributed by atoms with van der Waals surface area (Å²) >= 11 is 0. The van der Waals surface area contributed by atoms with Crippen molar-refractivity contribution in [2.75, 3.05) is 14.2 Å². The summed E-state index contributed by atoms with van der Waals surface area (Å²) in [6.07, 6.45) is -0.116. The first-order valence-corrected chi connectivity index (χ1v) is 13.2. The number of phenolic OH excluding ortho intramolecular Hbond substituents is 3. The third-order valence-electron chi connectivity index (χ3n) is 8.23. The minimum atomic E-state index is -1.38. The monoisotopic (exact) mass is 558 g/mol. The number of carbonyl (C=O) groups is 2. The minimum Gasteiger partial charge on any atom is -0.507 e. The van der Waals surface area contributed by atoms with E-state index in [0.717, 1.165) is 0 Å². The fourth-order valence-corrected chi connectivity index (χ4v) is 6.54. The highest BCUT2D eigenvalue weighted by Gasteiger charge is 2.39. The first kappa shape index (κ1) is 26.9. The number of rotatable bonds is 3. The van der Waals surface area contributed by atoms with Crippen LogP contribution in [-0.4, -0.2) is 62.5 Å². The molecular weight excluding hydrogens is 528 g/mol. The van der Waals surface area contributed by atoms with E-state index in [1.165, 1.54) is 20.3 Å². The van der Waals surface area contributed by atoms with E-state index in [0.29, 0.717) is 38.6 Å². The fraction of sp³-hybridized carbons (Fsp3) is 0.312. The van der Waals surface area contributed by atoms with Gasteiger partial charge in [-0.15, -0.1) is 0 Å². The molecule has 212 valence electrons. The molecule has 0 heterocycles. The highest BCUT2D eigenvalue weighted by Crippen LogP contribution is 2.53. The van der Waals surface area contributed by atoms with Crippen molar-refractivity contribution in [3.05, 3.63) is 52.6 Å². The maximum absolute atomic E-state index is 13.3. The molecule has 0 aromatic heterocycles. The Morgan fingerprint density at radius 3 is 2.05 bits per heavy atom. The molecule has 2 aliphatic carbocycles. The molecule has 2 aliphatic rings. The van der Waals surface area contributed by atoms with Crippen molar-refractivity contribution in [2.45, 2.75) is 50.7 Å². The van der Waals surface area contributed by atoms with Crippen LogP contribution in [0.3, 0.4) is 0 Å². The van der Waals surface area contributed by atoms with Crippen molar-refractivity contribution in [2.24, 2.45) is 0 Å². The average Bonchev–Trinajstić information content (AvgIpc) is 2.86. The molecule has 0 amide bonds. The van der Waals surface area contributed by atoms with Crippen LogP contribution in [0.15, 0.2) is 30.3 Å². The first-order chi connectivity index (χ1) is 19.2. The number of benzene rings is 4. The van der Waals surface area contributed by atoms with Crippen molar-refractivity contribution in [1.29, 1.82) is 0 Å². The van der Waals surface area contributed by atoms with Crippen molar-refractivity contribution >= 4 is 33.1 Å². The van der Waals surface area contributed by atoms with Gasteiger partial charge in [0.15, 0.2) is 11.6 Å². The number of aliphatic hydroxyl groups is 2. The molecule has 2 unspecified atom stereocenters. The van der Waals surface area contributed by atoms with E-state index in [-0.39, 0.29) is 65.0 Å². The Morgan fingerprint density at radius 2 is 1.37 bits per heavy atom. The summed E-state index contributed by atoms with van der Waals surface area (Å²) in [5.41, 5.74) is -1.01. The van der Waals surface area contributed by atoms with Gasteiger partial charge in [-0.3, -0.25) is 9.59 Å². The van der Waals surface area contributed by atoms with Crippen LogP contribution in [0.25, 0.3) is 32.7 Å². The Balaban J connectivity index is 1.78. The highest BCUT2D eigenvalue weighted by molar-refractivity contribution is 6.16. The van der Waals surface area contributed by atoms with Crippen LogP contribution < -0.4 is 9.47 Å². The Bertz CT molecular complexity index is 1830. The van der Waals surface area contributed by atoms with Gasteiger partial charge in [-0.25, -0.2) is 0 Å². The van der Waals surface area contributed by atoms with Crippen LogP contribution >= 0.6 is 0 Å². The Morgan fingerprint density at radius 1 is 0.707 bits per heavy atom. The lowest BCUT2D eigenvalue weighted by atomic mass is 9.75. The summed E-state index contributed by atoms with van der Waals surface area (Å²) in [7, 11) is 2.85. The molecule has 0 aliphatic heterocycles. The lowest BCUT2D eigenvalue weighted by Crippen LogP contribution is -2.36. The predicted octanol–water partition coefficient (Wildman–Crippen LogP) is 4.55. The molecule has 4 aromatic carbocycles. The van der Waals surface area contributed by atoms with Gasteiger partial charge >= 0.3 is 0 Å². The molecule has 0 radical (unpaired) electrons. The summed E-state index contributed by atoms with van der Waals surface area (Å²) in [6.45, 7) is 3.11. The van der Waals surface area contributed by atoms with Gasteiger partial charge in [0.25, 0.3) is 0 Å². The van der Waals surface area contributed by atoms with Gasteiger partial charge in [0.2, 0.25) is 0 Å². The standard InChI is InChI=1S/C32H30O9/c1-31(38)10-15-5-14-6-24(41-4)28(30(37)26(14)29(36)25(15)23(35)13-31)27-19-7-16(40-3)8-21(33)17(19)9-18-20(27)11-32(2,39)12-22(18)34/h5-9,33,36-39H,10-13H2,1-4H3. The van der Waals surface area contributed by atoms with E-state index in [2.05, 4.69) is 0 Å². The van der Waals surface area contributed by atoms with Gasteiger partial charge in [-0.2, -0.15) is 0 Å². The number of aromatic hydroxyl groups is 3. The third-order valence-corrected chi connectivity index (χ3v) is 8.23. The van der Waals surface area contributed by atoms with Crippen LogP contribution in [0.1, 0.15) is 58.5 Å². The number of ketones is 2. The molecule has 9 nitrogen and oxygen atoms in total. The van der Waals surface area contributed by atoms with Gasteiger partial charge in [0, 0.05) is 48.3 Å². The topological polar surface area (TPSA) is 154 Å². The summed E-state index contributed by atoms with van der Waals surface area (Å²) in [5.74, 6) is -1.25. The number of carbonyl (C=O) groups excluding carboxylic acids is 2. The molecule has 0 bridgehead atoms. The largest absolute Gasteiger partial charge is 0.507 e. The molecular formula is C32H30O9. The van der Waals surface area contributed by atoms with Gasteiger partial charge < -0.3 is 35.0 Å². The molecule has 4 aromatic rings. The number of hydrogen-bond donors (Lipinski definition) is 5. The zero-order valence-corrected chi connectivity index (χ0v) is 23.1. The molecule has 0 spiro atoms. The van der Waals surface area contributed by atoms with Crippen molar-refractivity contribution in [3.63, 3.8) is 0 Å². The van der Waals surface area contributed by atoms with Gasteiger partial charge in [0.1, 0.15) is 28.7 Å². The molecule has 6 rings (SSSR count). The summed E-state index contributed by atoms with van der Waals surface area (Å²) in [4.78, 5) is 26.3. The minimum absolute atomic E-state index is 0.00112. The fourth-order valence-electron chi connectivity index (χ4n) is 6.54. The molecule has 0 saturated heterocycles. The zero-order chi connectivity index (χ0) is 29.6. The average molecular weight is 559 g/mol. The second-order valence-electron chi connectivity index (χ2n) is 11.7. The summed E-state index contributed by atoms with van der Waals surface area (Å²) < 4.78 is 11.1. The smallest absolute Gasteiger partial charge is 0.169 e. The quantitative estimate of drug-likeness (QED) is 0.244. The molecule has 5 N–H and O–H groups in total. The maximum atomic E-state index is 13.3.